The molecule has 6 nitrogen and oxygen atoms in total. The van der Waals surface area contributed by atoms with Gasteiger partial charge in [0, 0.05) is 18.5 Å². The van der Waals surface area contributed by atoms with Crippen molar-refractivity contribution in [2.24, 2.45) is 13.0 Å². The Morgan fingerprint density at radius 1 is 1.30 bits per heavy atom. The van der Waals surface area contributed by atoms with E-state index in [2.05, 4.69) is 22.4 Å². The van der Waals surface area contributed by atoms with E-state index >= 15 is 0 Å². The third-order valence-corrected chi connectivity index (χ3v) is 6.29. The molecule has 142 valence electrons. The molecule has 0 radical (unpaired) electrons. The molecule has 3 aromatic rings. The van der Waals surface area contributed by atoms with Crippen LogP contribution in [0.3, 0.4) is 0 Å². The minimum Gasteiger partial charge on any atom is -0.453 e. The first-order valence-corrected chi connectivity index (χ1v) is 10.4. The lowest BCUT2D eigenvalue weighted by atomic mass is 9.86. The van der Waals surface area contributed by atoms with E-state index in [1.165, 1.54) is 31.0 Å². The predicted molar refractivity (Wildman–Crippen MR) is 106 cm³/mol. The number of carbonyl (C=O) groups is 1. The van der Waals surface area contributed by atoms with Gasteiger partial charge in [0.1, 0.15) is 5.58 Å². The Hall–Kier alpha value is -2.28. The molecule has 1 aliphatic rings. The highest BCUT2D eigenvalue weighted by Gasteiger charge is 2.23. The summed E-state index contributed by atoms with van der Waals surface area (Å²) < 4.78 is 7.75. The molecule has 1 fully saturated rings. The van der Waals surface area contributed by atoms with Crippen LogP contribution in [-0.2, 0) is 11.8 Å². The normalized spacial score (nSPS) is 20.1. The van der Waals surface area contributed by atoms with E-state index < -0.39 is 0 Å². The molecule has 2 heterocycles. The Morgan fingerprint density at radius 2 is 2.11 bits per heavy atom. The van der Waals surface area contributed by atoms with Crippen molar-refractivity contribution in [2.75, 3.05) is 5.75 Å². The highest BCUT2D eigenvalue weighted by atomic mass is 32.2. The predicted octanol–water partition coefficient (Wildman–Crippen LogP) is 4.02. The van der Waals surface area contributed by atoms with Gasteiger partial charge in [0.2, 0.25) is 5.91 Å². The molecule has 2 atom stereocenters. The summed E-state index contributed by atoms with van der Waals surface area (Å²) in [5.74, 6) is 2.30. The summed E-state index contributed by atoms with van der Waals surface area (Å²) >= 11 is 1.40. The standard InChI is InChI=1S/C20H24N4O2S/c1-13-7-3-5-9-15(13)21-18(25)12-27-20-23-22-19(24(20)2)17-11-14-8-4-6-10-16(14)26-17/h4,6,8,10-11,13,15H,3,5,7,9,12H2,1-2H3,(H,21,25)/t13-,15+/m1/s1. The Labute approximate surface area is 162 Å². The fourth-order valence-corrected chi connectivity index (χ4v) is 4.38. The van der Waals surface area contributed by atoms with Crippen LogP contribution >= 0.6 is 11.8 Å². The molecule has 0 saturated heterocycles. The van der Waals surface area contributed by atoms with Gasteiger partial charge in [-0.15, -0.1) is 10.2 Å². The lowest BCUT2D eigenvalue weighted by Gasteiger charge is -2.29. The van der Waals surface area contributed by atoms with E-state index in [1.54, 1.807) is 0 Å². The minimum atomic E-state index is 0.0621. The summed E-state index contributed by atoms with van der Waals surface area (Å²) in [6, 6.07) is 10.1. The highest BCUT2D eigenvalue weighted by Crippen LogP contribution is 2.28. The molecule has 1 aliphatic carbocycles. The number of carbonyl (C=O) groups excluding carboxylic acids is 1. The van der Waals surface area contributed by atoms with E-state index in [4.69, 9.17) is 4.42 Å². The number of aromatic nitrogens is 3. The van der Waals surface area contributed by atoms with Crippen molar-refractivity contribution in [3.8, 4) is 11.6 Å². The van der Waals surface area contributed by atoms with Crippen LogP contribution in [0.25, 0.3) is 22.6 Å². The van der Waals surface area contributed by atoms with Gasteiger partial charge in [-0.05, 0) is 30.9 Å². The topological polar surface area (TPSA) is 73.0 Å². The Bertz CT molecular complexity index is 916. The van der Waals surface area contributed by atoms with E-state index in [9.17, 15) is 4.79 Å². The SMILES string of the molecule is C[C@@H]1CCCC[C@@H]1NC(=O)CSc1nnc(-c2cc3ccccc3o2)n1C. The lowest BCUT2D eigenvalue weighted by Crippen LogP contribution is -2.41. The van der Waals surface area contributed by atoms with Crippen molar-refractivity contribution in [1.82, 2.24) is 20.1 Å². The summed E-state index contributed by atoms with van der Waals surface area (Å²) in [6.07, 6.45) is 4.75. The van der Waals surface area contributed by atoms with E-state index in [0.717, 1.165) is 17.4 Å². The van der Waals surface area contributed by atoms with Gasteiger partial charge < -0.3 is 14.3 Å². The largest absolute Gasteiger partial charge is 0.453 e. The van der Waals surface area contributed by atoms with Gasteiger partial charge in [-0.2, -0.15) is 0 Å². The number of nitrogens with zero attached hydrogens (tertiary/aromatic N) is 3. The fourth-order valence-electron chi connectivity index (χ4n) is 3.66. The second-order valence-corrected chi connectivity index (χ2v) is 8.18. The van der Waals surface area contributed by atoms with Crippen molar-refractivity contribution < 1.29 is 9.21 Å². The van der Waals surface area contributed by atoms with Crippen molar-refractivity contribution in [3.63, 3.8) is 0 Å². The van der Waals surface area contributed by atoms with Crippen LogP contribution < -0.4 is 5.32 Å². The maximum Gasteiger partial charge on any atom is 0.230 e. The number of benzene rings is 1. The van der Waals surface area contributed by atoms with Gasteiger partial charge >= 0.3 is 0 Å². The lowest BCUT2D eigenvalue weighted by molar-refractivity contribution is -0.119. The summed E-state index contributed by atoms with van der Waals surface area (Å²) in [6.45, 7) is 2.22. The third kappa shape index (κ3) is 3.88. The maximum absolute atomic E-state index is 12.3. The summed E-state index contributed by atoms with van der Waals surface area (Å²) in [5.41, 5.74) is 0.825. The average molecular weight is 385 g/mol. The molecule has 2 aromatic heterocycles. The molecular formula is C20H24N4O2S. The smallest absolute Gasteiger partial charge is 0.230 e. The number of thioether (sulfide) groups is 1. The van der Waals surface area contributed by atoms with Crippen LogP contribution in [0.4, 0.5) is 0 Å². The van der Waals surface area contributed by atoms with Crippen LogP contribution in [0.5, 0.6) is 0 Å². The molecule has 7 heteroatoms. The number of hydrogen-bond donors (Lipinski definition) is 1. The van der Waals surface area contributed by atoms with Gasteiger partial charge in [0.05, 0.1) is 5.75 Å². The number of rotatable bonds is 5. The fraction of sp³-hybridized carbons (Fsp3) is 0.450. The second-order valence-electron chi connectivity index (χ2n) is 7.24. The second kappa shape index (κ2) is 7.76. The highest BCUT2D eigenvalue weighted by molar-refractivity contribution is 7.99. The first-order chi connectivity index (χ1) is 13.1. The van der Waals surface area contributed by atoms with Crippen LogP contribution in [0, 0.1) is 5.92 Å². The number of hydrogen-bond acceptors (Lipinski definition) is 5. The van der Waals surface area contributed by atoms with Crippen molar-refractivity contribution in [2.45, 2.75) is 43.8 Å². The summed E-state index contributed by atoms with van der Waals surface area (Å²) in [5, 5.41) is 13.4. The first-order valence-electron chi connectivity index (χ1n) is 9.42. The van der Waals surface area contributed by atoms with E-state index in [1.807, 2.05) is 41.9 Å². The number of furan rings is 1. The minimum absolute atomic E-state index is 0.0621. The molecule has 0 aliphatic heterocycles. The van der Waals surface area contributed by atoms with Gasteiger partial charge in [0.15, 0.2) is 16.7 Å². The molecule has 0 bridgehead atoms. The first kappa shape index (κ1) is 18.1. The average Bonchev–Trinajstić information content (AvgIpc) is 3.25. The van der Waals surface area contributed by atoms with Crippen LogP contribution in [0.15, 0.2) is 39.9 Å². The zero-order valence-electron chi connectivity index (χ0n) is 15.6. The molecule has 4 rings (SSSR count). The molecular weight excluding hydrogens is 360 g/mol. The number of amides is 1. The van der Waals surface area contributed by atoms with Crippen molar-refractivity contribution in [3.05, 3.63) is 30.3 Å². The van der Waals surface area contributed by atoms with Gasteiger partial charge in [-0.1, -0.05) is 49.7 Å². The van der Waals surface area contributed by atoms with Gasteiger partial charge in [0.25, 0.3) is 0 Å². The van der Waals surface area contributed by atoms with Crippen LogP contribution in [0.2, 0.25) is 0 Å². The van der Waals surface area contributed by atoms with Crippen LogP contribution in [0.1, 0.15) is 32.6 Å². The maximum atomic E-state index is 12.3. The molecule has 1 N–H and O–H groups in total. The van der Waals surface area contributed by atoms with Crippen molar-refractivity contribution in [1.29, 1.82) is 0 Å². The van der Waals surface area contributed by atoms with E-state index in [0.29, 0.717) is 34.5 Å². The van der Waals surface area contributed by atoms with Gasteiger partial charge in [-0.25, -0.2) is 0 Å². The zero-order chi connectivity index (χ0) is 18.8. The third-order valence-electron chi connectivity index (χ3n) is 5.27. The summed E-state index contributed by atoms with van der Waals surface area (Å²) in [4.78, 5) is 12.3. The Kier molecular flexibility index (Phi) is 5.20. The van der Waals surface area contributed by atoms with E-state index in [-0.39, 0.29) is 5.91 Å². The molecule has 27 heavy (non-hydrogen) atoms. The van der Waals surface area contributed by atoms with Crippen molar-refractivity contribution >= 4 is 28.6 Å². The number of para-hydroxylation sites is 1. The molecule has 0 spiro atoms. The molecule has 1 amide bonds. The molecule has 0 unspecified atom stereocenters. The quantitative estimate of drug-likeness (QED) is 0.673. The molecule has 1 saturated carbocycles. The summed E-state index contributed by atoms with van der Waals surface area (Å²) in [7, 11) is 1.89. The van der Waals surface area contributed by atoms with Crippen LogP contribution in [-0.4, -0.2) is 32.5 Å². The Morgan fingerprint density at radius 3 is 2.93 bits per heavy atom. The monoisotopic (exact) mass is 384 g/mol. The van der Waals surface area contributed by atoms with Gasteiger partial charge in [-0.3, -0.25) is 4.79 Å². The number of fused-ring (bicyclic) bond motifs is 1. The number of nitrogens with one attached hydrogen (secondary N) is 1. The zero-order valence-corrected chi connectivity index (χ0v) is 16.5. The molecule has 1 aromatic carbocycles. The Balaban J connectivity index is 1.41.